The topological polar surface area (TPSA) is 122 Å². The van der Waals surface area contributed by atoms with E-state index in [2.05, 4.69) is 24.5 Å². The summed E-state index contributed by atoms with van der Waals surface area (Å²) in [7, 11) is 0. The molecule has 7 heteroatoms. The van der Waals surface area contributed by atoms with Crippen LogP contribution in [0.2, 0.25) is 0 Å². The van der Waals surface area contributed by atoms with Crippen molar-refractivity contribution in [1.82, 2.24) is 10.6 Å². The number of hydrogen-bond donors (Lipinski definition) is 4. The van der Waals surface area contributed by atoms with Gasteiger partial charge in [0.2, 0.25) is 5.91 Å². The minimum absolute atomic E-state index is 0.000251. The lowest BCUT2D eigenvalue weighted by Gasteiger charge is -2.28. The van der Waals surface area contributed by atoms with Gasteiger partial charge in [-0.1, -0.05) is 20.3 Å². The number of carbonyl (C=O) groups is 3. The van der Waals surface area contributed by atoms with E-state index in [0.29, 0.717) is 0 Å². The molecule has 0 aromatic heterocycles. The predicted octanol–water partition coefficient (Wildman–Crippen LogP) is 0.193. The second kappa shape index (κ2) is 5.90. The smallest absolute Gasteiger partial charge is 0.326 e. The molecule has 19 heavy (non-hydrogen) atoms. The summed E-state index contributed by atoms with van der Waals surface area (Å²) in [5.41, 5.74) is 4.94. The third-order valence-electron chi connectivity index (χ3n) is 3.57. The van der Waals surface area contributed by atoms with Crippen LogP contribution in [0.25, 0.3) is 0 Å². The van der Waals surface area contributed by atoms with E-state index >= 15 is 0 Å². The molecule has 7 nitrogen and oxygen atoms in total. The molecule has 0 saturated heterocycles. The Morgan fingerprint density at radius 3 is 2.47 bits per heavy atom. The standard InChI is InChI=1S/C12H21N3O4/c1-12(2)5-3-4-8(12)15-11(19)14-7(10(17)18)6-9(13)16/h7-8H,3-6H2,1-2H3,(H2,13,16)(H,17,18)(H2,14,15,19). The summed E-state index contributed by atoms with van der Waals surface area (Å²) < 4.78 is 0. The summed E-state index contributed by atoms with van der Waals surface area (Å²) in [6.45, 7) is 4.12. The molecule has 2 atom stereocenters. The van der Waals surface area contributed by atoms with Crippen LogP contribution in [0.15, 0.2) is 0 Å². The highest BCUT2D eigenvalue weighted by atomic mass is 16.4. The van der Waals surface area contributed by atoms with Gasteiger partial charge >= 0.3 is 12.0 Å². The number of amides is 3. The molecule has 0 bridgehead atoms. The third-order valence-corrected chi connectivity index (χ3v) is 3.57. The SMILES string of the molecule is CC1(C)CCCC1NC(=O)NC(CC(N)=O)C(=O)O. The molecule has 0 spiro atoms. The van der Waals surface area contributed by atoms with Crippen LogP contribution in [0.1, 0.15) is 39.5 Å². The molecule has 0 aliphatic heterocycles. The Kier molecular flexibility index (Phi) is 4.74. The Morgan fingerprint density at radius 2 is 2.05 bits per heavy atom. The molecule has 1 aliphatic carbocycles. The van der Waals surface area contributed by atoms with Crippen LogP contribution in [-0.4, -0.2) is 35.1 Å². The molecule has 3 amide bonds. The largest absolute Gasteiger partial charge is 0.480 e. The van der Waals surface area contributed by atoms with E-state index in [1.54, 1.807) is 0 Å². The number of carbonyl (C=O) groups excluding carboxylic acids is 2. The van der Waals surface area contributed by atoms with Crippen molar-refractivity contribution >= 4 is 17.9 Å². The summed E-state index contributed by atoms with van der Waals surface area (Å²) in [6.07, 6.45) is 2.49. The highest BCUT2D eigenvalue weighted by Gasteiger charge is 2.36. The number of nitrogens with one attached hydrogen (secondary N) is 2. The van der Waals surface area contributed by atoms with Gasteiger partial charge < -0.3 is 21.5 Å². The van der Waals surface area contributed by atoms with Crippen LogP contribution in [0.3, 0.4) is 0 Å². The second-order valence-electron chi connectivity index (χ2n) is 5.61. The monoisotopic (exact) mass is 271 g/mol. The summed E-state index contributed by atoms with van der Waals surface area (Å²) in [4.78, 5) is 33.4. The Hall–Kier alpha value is -1.79. The highest BCUT2D eigenvalue weighted by molar-refractivity contribution is 5.87. The molecule has 1 saturated carbocycles. The van der Waals surface area contributed by atoms with E-state index in [1.165, 1.54) is 0 Å². The van der Waals surface area contributed by atoms with Gasteiger partial charge in [-0.3, -0.25) is 4.79 Å². The summed E-state index contributed by atoms with van der Waals surface area (Å²) in [6, 6.07) is -1.86. The number of carboxylic acid groups (broad SMARTS) is 1. The van der Waals surface area contributed by atoms with Crippen molar-refractivity contribution in [3.05, 3.63) is 0 Å². The van der Waals surface area contributed by atoms with Crippen LogP contribution >= 0.6 is 0 Å². The number of urea groups is 1. The average Bonchev–Trinajstić information content (AvgIpc) is 2.56. The summed E-state index contributed by atoms with van der Waals surface area (Å²) in [5, 5.41) is 13.9. The third kappa shape index (κ3) is 4.42. The molecule has 108 valence electrons. The maximum absolute atomic E-state index is 11.7. The number of aliphatic carboxylic acids is 1. The van der Waals surface area contributed by atoms with Gasteiger partial charge in [0.1, 0.15) is 6.04 Å². The van der Waals surface area contributed by atoms with Gasteiger partial charge in [0.25, 0.3) is 0 Å². The van der Waals surface area contributed by atoms with Gasteiger partial charge in [0.15, 0.2) is 0 Å². The maximum Gasteiger partial charge on any atom is 0.326 e. The zero-order valence-electron chi connectivity index (χ0n) is 11.2. The quantitative estimate of drug-likeness (QED) is 0.570. The van der Waals surface area contributed by atoms with Crippen molar-refractivity contribution in [2.24, 2.45) is 11.1 Å². The molecule has 0 radical (unpaired) electrons. The number of carboxylic acids is 1. The Bertz CT molecular complexity index is 381. The Labute approximate surface area is 111 Å². The number of rotatable bonds is 5. The lowest BCUT2D eigenvalue weighted by atomic mass is 9.87. The molecular formula is C12H21N3O4. The van der Waals surface area contributed by atoms with Crippen molar-refractivity contribution in [2.75, 3.05) is 0 Å². The van der Waals surface area contributed by atoms with Crippen LogP contribution in [-0.2, 0) is 9.59 Å². The van der Waals surface area contributed by atoms with Crippen molar-refractivity contribution in [2.45, 2.75) is 51.6 Å². The second-order valence-corrected chi connectivity index (χ2v) is 5.61. The average molecular weight is 271 g/mol. The molecule has 1 fully saturated rings. The fraction of sp³-hybridized carbons (Fsp3) is 0.750. The molecule has 0 heterocycles. The Balaban J connectivity index is 2.53. The van der Waals surface area contributed by atoms with E-state index in [0.717, 1.165) is 19.3 Å². The molecule has 2 unspecified atom stereocenters. The van der Waals surface area contributed by atoms with Crippen molar-refractivity contribution in [1.29, 1.82) is 0 Å². The van der Waals surface area contributed by atoms with E-state index in [1.807, 2.05) is 0 Å². The first-order valence-corrected chi connectivity index (χ1v) is 6.30. The molecule has 5 N–H and O–H groups in total. The summed E-state index contributed by atoms with van der Waals surface area (Å²) in [5.74, 6) is -2.05. The molecular weight excluding hydrogens is 250 g/mol. The van der Waals surface area contributed by atoms with Crippen LogP contribution in [0.4, 0.5) is 4.79 Å². The van der Waals surface area contributed by atoms with Crippen molar-refractivity contribution in [3.63, 3.8) is 0 Å². The lowest BCUT2D eigenvalue weighted by Crippen LogP contribution is -2.52. The first-order valence-electron chi connectivity index (χ1n) is 6.30. The van der Waals surface area contributed by atoms with E-state index < -0.39 is 30.4 Å². The minimum atomic E-state index is -1.29. The highest BCUT2D eigenvalue weighted by Crippen LogP contribution is 2.37. The summed E-state index contributed by atoms with van der Waals surface area (Å²) >= 11 is 0. The van der Waals surface area contributed by atoms with E-state index in [9.17, 15) is 14.4 Å². The molecule has 0 aromatic carbocycles. The van der Waals surface area contributed by atoms with E-state index in [-0.39, 0.29) is 11.5 Å². The molecule has 1 rings (SSSR count). The molecule has 1 aliphatic rings. The lowest BCUT2D eigenvalue weighted by molar-refractivity contribution is -0.140. The van der Waals surface area contributed by atoms with Gasteiger partial charge in [0.05, 0.1) is 6.42 Å². The Morgan fingerprint density at radius 1 is 1.42 bits per heavy atom. The van der Waals surface area contributed by atoms with Gasteiger partial charge in [-0.25, -0.2) is 9.59 Å². The first kappa shape index (κ1) is 15.3. The fourth-order valence-electron chi connectivity index (χ4n) is 2.35. The van der Waals surface area contributed by atoms with Gasteiger partial charge in [-0.05, 0) is 18.3 Å². The number of nitrogens with two attached hydrogens (primary N) is 1. The normalized spacial score (nSPS) is 22.5. The van der Waals surface area contributed by atoms with Crippen molar-refractivity contribution < 1.29 is 19.5 Å². The minimum Gasteiger partial charge on any atom is -0.480 e. The van der Waals surface area contributed by atoms with Gasteiger partial charge in [-0.2, -0.15) is 0 Å². The number of primary amides is 1. The van der Waals surface area contributed by atoms with Crippen LogP contribution in [0.5, 0.6) is 0 Å². The first-order chi connectivity index (χ1) is 8.72. The van der Waals surface area contributed by atoms with Gasteiger partial charge in [-0.15, -0.1) is 0 Å². The fourth-order valence-corrected chi connectivity index (χ4v) is 2.35. The van der Waals surface area contributed by atoms with Crippen LogP contribution < -0.4 is 16.4 Å². The maximum atomic E-state index is 11.7. The van der Waals surface area contributed by atoms with Gasteiger partial charge in [0, 0.05) is 6.04 Å². The van der Waals surface area contributed by atoms with Crippen LogP contribution in [0, 0.1) is 5.41 Å². The van der Waals surface area contributed by atoms with E-state index in [4.69, 9.17) is 10.8 Å². The van der Waals surface area contributed by atoms with Crippen molar-refractivity contribution in [3.8, 4) is 0 Å². The number of hydrogen-bond acceptors (Lipinski definition) is 3. The molecule has 0 aromatic rings. The zero-order valence-corrected chi connectivity index (χ0v) is 11.2. The zero-order chi connectivity index (χ0) is 14.6. The predicted molar refractivity (Wildman–Crippen MR) is 68.3 cm³/mol.